The van der Waals surface area contributed by atoms with Gasteiger partial charge in [0.15, 0.2) is 5.82 Å². The SMILES string of the molecule is O=C1OC2(CCOCC2)CN1c1cnc([C@@H]2CCCNC2)cn1. The van der Waals surface area contributed by atoms with E-state index >= 15 is 0 Å². The fraction of sp³-hybridized carbons (Fsp3) is 0.688. The lowest BCUT2D eigenvalue weighted by Crippen LogP contribution is -2.40. The number of rotatable bonds is 2. The van der Waals surface area contributed by atoms with E-state index in [1.165, 1.54) is 0 Å². The molecule has 1 amide bonds. The van der Waals surface area contributed by atoms with Crippen molar-refractivity contribution in [2.45, 2.75) is 37.2 Å². The number of carbonyl (C=O) groups is 1. The molecule has 4 heterocycles. The zero-order chi connectivity index (χ0) is 15.7. The van der Waals surface area contributed by atoms with E-state index in [1.807, 2.05) is 0 Å². The molecule has 1 spiro atoms. The Hall–Kier alpha value is -1.73. The van der Waals surface area contributed by atoms with Crippen LogP contribution >= 0.6 is 0 Å². The van der Waals surface area contributed by atoms with Gasteiger partial charge in [-0.15, -0.1) is 0 Å². The molecule has 1 aromatic heterocycles. The van der Waals surface area contributed by atoms with Gasteiger partial charge >= 0.3 is 6.09 Å². The van der Waals surface area contributed by atoms with Crippen molar-refractivity contribution in [3.05, 3.63) is 18.1 Å². The third-order valence-corrected chi connectivity index (χ3v) is 5.02. The van der Waals surface area contributed by atoms with Crippen molar-refractivity contribution in [1.29, 1.82) is 0 Å². The minimum atomic E-state index is -0.414. The van der Waals surface area contributed by atoms with Crippen LogP contribution < -0.4 is 10.2 Å². The van der Waals surface area contributed by atoms with Gasteiger partial charge in [0.2, 0.25) is 0 Å². The molecule has 0 aromatic carbocycles. The third-order valence-electron chi connectivity index (χ3n) is 5.02. The Bertz CT molecular complexity index is 565. The van der Waals surface area contributed by atoms with Crippen LogP contribution in [-0.2, 0) is 9.47 Å². The molecule has 3 aliphatic heterocycles. The molecule has 0 radical (unpaired) electrons. The summed E-state index contributed by atoms with van der Waals surface area (Å²) in [5.41, 5.74) is 0.581. The molecule has 1 N–H and O–H groups in total. The molecule has 4 rings (SSSR count). The standard InChI is InChI=1S/C16H22N4O3/c21-15-20(11-16(23-15)3-6-22-7-4-16)14-10-18-13(9-19-14)12-2-1-5-17-8-12/h9-10,12,17H,1-8,11H2/t12-/m1/s1. The monoisotopic (exact) mass is 318 g/mol. The summed E-state index contributed by atoms with van der Waals surface area (Å²) < 4.78 is 11.0. The van der Waals surface area contributed by atoms with E-state index < -0.39 is 5.60 Å². The maximum absolute atomic E-state index is 12.2. The molecule has 1 atom stereocenters. The van der Waals surface area contributed by atoms with Gasteiger partial charge in [-0.3, -0.25) is 9.88 Å². The summed E-state index contributed by atoms with van der Waals surface area (Å²) in [5.74, 6) is 0.989. The average Bonchev–Trinajstić information content (AvgIpc) is 2.92. The van der Waals surface area contributed by atoms with E-state index in [0.717, 1.165) is 44.5 Å². The lowest BCUT2D eigenvalue weighted by molar-refractivity contribution is -0.0431. The fourth-order valence-electron chi connectivity index (χ4n) is 3.59. The average molecular weight is 318 g/mol. The van der Waals surface area contributed by atoms with Crippen molar-refractivity contribution in [3.63, 3.8) is 0 Å². The summed E-state index contributed by atoms with van der Waals surface area (Å²) in [6, 6.07) is 0. The van der Waals surface area contributed by atoms with Crippen molar-refractivity contribution >= 4 is 11.9 Å². The van der Waals surface area contributed by atoms with Crippen LogP contribution in [0, 0.1) is 0 Å². The molecule has 0 aliphatic carbocycles. The van der Waals surface area contributed by atoms with Gasteiger partial charge in [-0.2, -0.15) is 0 Å². The summed E-state index contributed by atoms with van der Waals surface area (Å²) in [4.78, 5) is 22.8. The number of nitrogens with zero attached hydrogens (tertiary/aromatic N) is 3. The van der Waals surface area contributed by atoms with Crippen LogP contribution in [-0.4, -0.2) is 54.5 Å². The van der Waals surface area contributed by atoms with Gasteiger partial charge < -0.3 is 14.8 Å². The highest BCUT2D eigenvalue weighted by molar-refractivity contribution is 5.89. The molecular formula is C16H22N4O3. The predicted octanol–water partition coefficient (Wildman–Crippen LogP) is 1.45. The minimum absolute atomic E-state index is 0.326. The first-order valence-corrected chi connectivity index (χ1v) is 8.37. The maximum atomic E-state index is 12.2. The highest BCUT2D eigenvalue weighted by Crippen LogP contribution is 2.34. The Morgan fingerprint density at radius 1 is 1.26 bits per heavy atom. The number of hydrogen-bond acceptors (Lipinski definition) is 6. The highest BCUT2D eigenvalue weighted by atomic mass is 16.6. The van der Waals surface area contributed by atoms with E-state index in [1.54, 1.807) is 17.3 Å². The van der Waals surface area contributed by atoms with Crippen molar-refractivity contribution in [2.75, 3.05) is 37.7 Å². The van der Waals surface area contributed by atoms with Crippen LogP contribution in [0.3, 0.4) is 0 Å². The Labute approximate surface area is 135 Å². The third kappa shape index (κ3) is 2.90. The van der Waals surface area contributed by atoms with E-state index in [-0.39, 0.29) is 6.09 Å². The minimum Gasteiger partial charge on any atom is -0.440 e. The summed E-state index contributed by atoms with van der Waals surface area (Å²) in [6.45, 7) is 3.84. The van der Waals surface area contributed by atoms with Crippen LogP contribution in [0.25, 0.3) is 0 Å². The summed E-state index contributed by atoms with van der Waals surface area (Å²) in [7, 11) is 0. The number of anilines is 1. The summed E-state index contributed by atoms with van der Waals surface area (Å²) in [5, 5.41) is 3.38. The Balaban J connectivity index is 1.48. The Kier molecular flexibility index (Phi) is 3.90. The highest BCUT2D eigenvalue weighted by Gasteiger charge is 2.47. The van der Waals surface area contributed by atoms with Gasteiger partial charge in [0, 0.05) is 25.3 Å². The number of piperidine rings is 1. The number of hydrogen-bond donors (Lipinski definition) is 1. The number of carbonyl (C=O) groups excluding carboxylic acids is 1. The van der Waals surface area contributed by atoms with Crippen molar-refractivity contribution in [1.82, 2.24) is 15.3 Å². The van der Waals surface area contributed by atoms with Gasteiger partial charge in [-0.25, -0.2) is 9.78 Å². The second-order valence-corrected chi connectivity index (χ2v) is 6.59. The molecule has 0 unspecified atom stereocenters. The zero-order valence-corrected chi connectivity index (χ0v) is 13.2. The van der Waals surface area contributed by atoms with Crippen molar-refractivity contribution in [2.24, 2.45) is 0 Å². The molecule has 0 bridgehead atoms. The normalized spacial score (nSPS) is 27.2. The second-order valence-electron chi connectivity index (χ2n) is 6.59. The second kappa shape index (κ2) is 6.05. The molecule has 23 heavy (non-hydrogen) atoms. The van der Waals surface area contributed by atoms with Crippen LogP contribution in [0.4, 0.5) is 10.6 Å². The Morgan fingerprint density at radius 2 is 2.13 bits per heavy atom. The van der Waals surface area contributed by atoms with Gasteiger partial charge in [-0.1, -0.05) is 0 Å². The van der Waals surface area contributed by atoms with Gasteiger partial charge in [-0.05, 0) is 19.4 Å². The number of nitrogens with one attached hydrogen (secondary N) is 1. The Morgan fingerprint density at radius 3 is 2.83 bits per heavy atom. The van der Waals surface area contributed by atoms with Crippen LogP contribution in [0.2, 0.25) is 0 Å². The van der Waals surface area contributed by atoms with Crippen molar-refractivity contribution in [3.8, 4) is 0 Å². The van der Waals surface area contributed by atoms with Crippen LogP contribution in [0.5, 0.6) is 0 Å². The van der Waals surface area contributed by atoms with Crippen LogP contribution in [0.1, 0.15) is 37.3 Å². The molecule has 124 valence electrons. The van der Waals surface area contributed by atoms with Crippen LogP contribution in [0.15, 0.2) is 12.4 Å². The predicted molar refractivity (Wildman–Crippen MR) is 83.5 cm³/mol. The van der Waals surface area contributed by atoms with E-state index in [9.17, 15) is 4.79 Å². The maximum Gasteiger partial charge on any atom is 0.416 e. The number of amides is 1. The van der Waals surface area contributed by atoms with Gasteiger partial charge in [0.1, 0.15) is 5.60 Å². The first kappa shape index (κ1) is 14.8. The van der Waals surface area contributed by atoms with Gasteiger partial charge in [0.25, 0.3) is 0 Å². The van der Waals surface area contributed by atoms with E-state index in [0.29, 0.717) is 31.5 Å². The summed E-state index contributed by atoms with van der Waals surface area (Å²) >= 11 is 0. The lowest BCUT2D eigenvalue weighted by atomic mass is 9.94. The molecule has 0 saturated carbocycles. The number of aromatic nitrogens is 2. The molecule has 7 nitrogen and oxygen atoms in total. The van der Waals surface area contributed by atoms with Crippen molar-refractivity contribution < 1.29 is 14.3 Å². The molecular weight excluding hydrogens is 296 g/mol. The molecule has 3 fully saturated rings. The molecule has 3 aliphatic rings. The fourth-order valence-corrected chi connectivity index (χ4v) is 3.59. The number of ether oxygens (including phenoxy) is 2. The first-order valence-electron chi connectivity index (χ1n) is 8.37. The quantitative estimate of drug-likeness (QED) is 0.889. The van der Waals surface area contributed by atoms with Gasteiger partial charge in [0.05, 0.1) is 37.8 Å². The van der Waals surface area contributed by atoms with E-state index in [2.05, 4.69) is 15.3 Å². The smallest absolute Gasteiger partial charge is 0.416 e. The first-order chi connectivity index (χ1) is 11.3. The largest absolute Gasteiger partial charge is 0.440 e. The topological polar surface area (TPSA) is 76.6 Å². The zero-order valence-electron chi connectivity index (χ0n) is 13.2. The summed E-state index contributed by atoms with van der Waals surface area (Å²) in [6.07, 6.45) is 6.96. The molecule has 1 aromatic rings. The molecule has 7 heteroatoms. The molecule has 3 saturated heterocycles. The lowest BCUT2D eigenvalue weighted by Gasteiger charge is -2.30. The van der Waals surface area contributed by atoms with E-state index in [4.69, 9.17) is 9.47 Å².